The Hall–Kier alpha value is -1.89. The van der Waals surface area contributed by atoms with Crippen LogP contribution in [0.15, 0.2) is 28.9 Å². The number of aromatic nitrogens is 3. The van der Waals surface area contributed by atoms with Crippen molar-refractivity contribution >= 4 is 22.0 Å². The van der Waals surface area contributed by atoms with Gasteiger partial charge in [-0.15, -0.1) is 0 Å². The molecule has 1 aliphatic heterocycles. The molecular formula is C17H21BrN4O2. The molecular weight excluding hydrogens is 372 g/mol. The van der Waals surface area contributed by atoms with Gasteiger partial charge in [-0.25, -0.2) is 4.79 Å². The number of nitrogens with one attached hydrogen (secondary N) is 1. The minimum absolute atomic E-state index is 0.0340. The fourth-order valence-corrected chi connectivity index (χ4v) is 3.15. The number of hydrogen-bond donors (Lipinski definition) is 1. The molecule has 0 aromatic carbocycles. The molecule has 7 heteroatoms. The summed E-state index contributed by atoms with van der Waals surface area (Å²) in [6.45, 7) is 6.33. The van der Waals surface area contributed by atoms with Crippen LogP contribution >= 0.6 is 15.9 Å². The van der Waals surface area contributed by atoms with Crippen LogP contribution in [0.1, 0.15) is 45.3 Å². The Morgan fingerprint density at radius 1 is 1.38 bits per heavy atom. The molecule has 0 bridgehead atoms. The van der Waals surface area contributed by atoms with Crippen LogP contribution in [0.4, 0.5) is 4.79 Å². The molecule has 0 radical (unpaired) electrons. The Labute approximate surface area is 149 Å². The van der Waals surface area contributed by atoms with Crippen molar-refractivity contribution in [3.05, 3.63) is 34.6 Å². The highest BCUT2D eigenvalue weighted by Gasteiger charge is 2.34. The van der Waals surface area contributed by atoms with E-state index in [2.05, 4.69) is 31.1 Å². The third kappa shape index (κ3) is 3.77. The third-order valence-electron chi connectivity index (χ3n) is 3.82. The highest BCUT2D eigenvalue weighted by Crippen LogP contribution is 2.33. The third-order valence-corrected chi connectivity index (χ3v) is 4.32. The van der Waals surface area contributed by atoms with Crippen molar-refractivity contribution in [1.29, 1.82) is 0 Å². The van der Waals surface area contributed by atoms with Crippen LogP contribution in [-0.4, -0.2) is 38.3 Å². The number of hydrogen-bond acceptors (Lipinski definition) is 4. The molecule has 2 aromatic rings. The lowest BCUT2D eigenvalue weighted by atomic mass is 10.1. The number of pyridine rings is 1. The Balaban J connectivity index is 1.80. The summed E-state index contributed by atoms with van der Waals surface area (Å²) in [5, 5.41) is 7.41. The average molecular weight is 393 g/mol. The van der Waals surface area contributed by atoms with Crippen LogP contribution in [0.25, 0.3) is 11.4 Å². The number of likely N-dealkylation sites (tertiary alicyclic amines) is 1. The molecule has 1 aliphatic rings. The second-order valence-corrected chi connectivity index (χ2v) is 7.82. The number of ether oxygens (including phenoxy) is 1. The van der Waals surface area contributed by atoms with Gasteiger partial charge in [0, 0.05) is 17.2 Å². The van der Waals surface area contributed by atoms with Gasteiger partial charge in [-0.2, -0.15) is 5.10 Å². The normalized spacial score (nSPS) is 18.0. The number of amides is 1. The lowest BCUT2D eigenvalue weighted by Gasteiger charge is -2.28. The molecule has 2 aromatic heterocycles. The van der Waals surface area contributed by atoms with E-state index in [1.807, 2.05) is 39.0 Å². The molecule has 6 nitrogen and oxygen atoms in total. The summed E-state index contributed by atoms with van der Waals surface area (Å²) in [6.07, 6.45) is 3.30. The molecule has 1 fully saturated rings. The number of carbonyl (C=O) groups excluding carboxylic acids is 1. The van der Waals surface area contributed by atoms with Gasteiger partial charge in [0.05, 0.1) is 17.4 Å². The first-order valence-corrected chi connectivity index (χ1v) is 8.80. The number of carbonyl (C=O) groups is 1. The molecule has 1 atom stereocenters. The highest BCUT2D eigenvalue weighted by atomic mass is 79.9. The summed E-state index contributed by atoms with van der Waals surface area (Å²) >= 11 is 3.44. The maximum Gasteiger partial charge on any atom is 0.410 e. The minimum atomic E-state index is -0.496. The largest absolute Gasteiger partial charge is 0.444 e. The van der Waals surface area contributed by atoms with Crippen molar-refractivity contribution in [1.82, 2.24) is 20.1 Å². The second kappa shape index (κ2) is 6.55. The SMILES string of the molecule is CC(C)(C)OC(=O)N1CCC[C@H]1c1cc(-c2cc(Br)ccn2)n[nH]1. The summed E-state index contributed by atoms with van der Waals surface area (Å²) in [6, 6.07) is 5.72. The van der Waals surface area contributed by atoms with Crippen LogP contribution in [0.2, 0.25) is 0 Å². The van der Waals surface area contributed by atoms with E-state index in [0.717, 1.165) is 34.4 Å². The Morgan fingerprint density at radius 2 is 2.17 bits per heavy atom. The number of H-pyrrole nitrogens is 1. The van der Waals surface area contributed by atoms with Gasteiger partial charge >= 0.3 is 6.09 Å². The molecule has 0 unspecified atom stereocenters. The Bertz CT molecular complexity index is 738. The van der Waals surface area contributed by atoms with E-state index in [1.54, 1.807) is 11.1 Å². The lowest BCUT2D eigenvalue weighted by Crippen LogP contribution is -2.36. The van der Waals surface area contributed by atoms with E-state index < -0.39 is 5.60 Å². The first kappa shape index (κ1) is 17.0. The summed E-state index contributed by atoms with van der Waals surface area (Å²) in [5.41, 5.74) is 1.97. The summed E-state index contributed by atoms with van der Waals surface area (Å²) < 4.78 is 6.47. The molecule has 0 spiro atoms. The molecule has 3 heterocycles. The van der Waals surface area contributed by atoms with E-state index in [4.69, 9.17) is 4.74 Å². The maximum absolute atomic E-state index is 12.4. The van der Waals surface area contributed by atoms with Gasteiger partial charge in [0.1, 0.15) is 11.3 Å². The lowest BCUT2D eigenvalue weighted by molar-refractivity contribution is 0.0221. The van der Waals surface area contributed by atoms with Crippen molar-refractivity contribution in [3.63, 3.8) is 0 Å². The van der Waals surface area contributed by atoms with Gasteiger partial charge < -0.3 is 4.74 Å². The summed E-state index contributed by atoms with van der Waals surface area (Å²) in [4.78, 5) is 18.5. The Morgan fingerprint density at radius 3 is 2.88 bits per heavy atom. The second-order valence-electron chi connectivity index (χ2n) is 6.90. The molecule has 24 heavy (non-hydrogen) atoms. The predicted octanol–water partition coefficient (Wildman–Crippen LogP) is 4.31. The summed E-state index contributed by atoms with van der Waals surface area (Å²) in [5.74, 6) is 0. The first-order valence-electron chi connectivity index (χ1n) is 8.00. The van der Waals surface area contributed by atoms with Crippen LogP contribution in [-0.2, 0) is 4.74 Å². The molecule has 1 saturated heterocycles. The molecule has 1 amide bonds. The standard InChI is InChI=1S/C17H21BrN4O2/c1-17(2,3)24-16(23)22-8-4-5-15(22)14-10-13(20-21-14)12-9-11(18)6-7-19-12/h6-7,9-10,15H,4-5,8H2,1-3H3,(H,20,21)/t15-/m0/s1. The molecule has 3 rings (SSSR count). The Kier molecular flexibility index (Phi) is 4.62. The number of aromatic amines is 1. The van der Waals surface area contributed by atoms with Crippen LogP contribution < -0.4 is 0 Å². The molecule has 1 N–H and O–H groups in total. The van der Waals surface area contributed by atoms with Crippen molar-refractivity contribution < 1.29 is 9.53 Å². The van der Waals surface area contributed by atoms with Crippen molar-refractivity contribution in [2.45, 2.75) is 45.3 Å². The predicted molar refractivity (Wildman–Crippen MR) is 94.4 cm³/mol. The first-order chi connectivity index (χ1) is 11.3. The zero-order valence-corrected chi connectivity index (χ0v) is 15.6. The monoisotopic (exact) mass is 392 g/mol. The highest BCUT2D eigenvalue weighted by molar-refractivity contribution is 9.10. The van der Waals surface area contributed by atoms with Gasteiger partial charge in [-0.05, 0) is 51.8 Å². The smallest absolute Gasteiger partial charge is 0.410 e. The fourth-order valence-electron chi connectivity index (χ4n) is 2.81. The van der Waals surface area contributed by atoms with E-state index in [-0.39, 0.29) is 12.1 Å². The summed E-state index contributed by atoms with van der Waals surface area (Å²) in [7, 11) is 0. The van der Waals surface area contributed by atoms with E-state index in [9.17, 15) is 4.79 Å². The maximum atomic E-state index is 12.4. The van der Waals surface area contributed by atoms with Crippen LogP contribution in [0, 0.1) is 0 Å². The van der Waals surface area contributed by atoms with Crippen molar-refractivity contribution in [2.24, 2.45) is 0 Å². The number of rotatable bonds is 2. The zero-order valence-electron chi connectivity index (χ0n) is 14.0. The molecule has 0 saturated carbocycles. The van der Waals surface area contributed by atoms with Gasteiger partial charge in [0.2, 0.25) is 0 Å². The molecule has 128 valence electrons. The fraction of sp³-hybridized carbons (Fsp3) is 0.471. The quantitative estimate of drug-likeness (QED) is 0.826. The minimum Gasteiger partial charge on any atom is -0.444 e. The van der Waals surface area contributed by atoms with E-state index in [0.29, 0.717) is 6.54 Å². The van der Waals surface area contributed by atoms with Crippen molar-refractivity contribution in [2.75, 3.05) is 6.54 Å². The zero-order chi connectivity index (χ0) is 17.3. The van der Waals surface area contributed by atoms with E-state index >= 15 is 0 Å². The number of nitrogens with zero attached hydrogens (tertiary/aromatic N) is 3. The average Bonchev–Trinajstić information content (AvgIpc) is 3.14. The van der Waals surface area contributed by atoms with Crippen molar-refractivity contribution in [3.8, 4) is 11.4 Å². The van der Waals surface area contributed by atoms with Gasteiger partial charge in [-0.1, -0.05) is 15.9 Å². The number of halogens is 1. The van der Waals surface area contributed by atoms with Crippen LogP contribution in [0.5, 0.6) is 0 Å². The van der Waals surface area contributed by atoms with Crippen LogP contribution in [0.3, 0.4) is 0 Å². The van der Waals surface area contributed by atoms with E-state index in [1.165, 1.54) is 0 Å². The van der Waals surface area contributed by atoms with Gasteiger partial charge in [0.25, 0.3) is 0 Å². The van der Waals surface area contributed by atoms with Gasteiger partial charge in [-0.3, -0.25) is 15.0 Å². The van der Waals surface area contributed by atoms with Gasteiger partial charge in [0.15, 0.2) is 0 Å². The topological polar surface area (TPSA) is 71.1 Å². The molecule has 0 aliphatic carbocycles.